The second kappa shape index (κ2) is 8.17. The van der Waals surface area contributed by atoms with E-state index in [1.165, 1.54) is 0 Å². The van der Waals surface area contributed by atoms with Crippen molar-refractivity contribution in [3.63, 3.8) is 0 Å². The zero-order valence-corrected chi connectivity index (χ0v) is 16.4. The molecular formula is C19H25ClN4O3. The first kappa shape index (κ1) is 19.5. The van der Waals surface area contributed by atoms with Crippen LogP contribution in [0.1, 0.15) is 20.3 Å². The first-order chi connectivity index (χ1) is 12.8. The smallest absolute Gasteiger partial charge is 0.321 e. The third-order valence-electron chi connectivity index (χ3n) is 5.11. The molecule has 2 aliphatic rings. The Labute approximate surface area is 164 Å². The summed E-state index contributed by atoms with van der Waals surface area (Å²) in [6.45, 7) is 6.33. The number of urea groups is 1. The Morgan fingerprint density at radius 3 is 2.22 bits per heavy atom. The molecular weight excluding hydrogens is 368 g/mol. The normalized spacial score (nSPS) is 20.4. The van der Waals surface area contributed by atoms with E-state index in [1.807, 2.05) is 13.8 Å². The van der Waals surface area contributed by atoms with Crippen LogP contribution in [0.4, 0.5) is 10.5 Å². The maximum absolute atomic E-state index is 12.7. The first-order valence-electron chi connectivity index (χ1n) is 9.25. The highest BCUT2D eigenvalue weighted by atomic mass is 35.5. The van der Waals surface area contributed by atoms with E-state index in [0.29, 0.717) is 43.4 Å². The summed E-state index contributed by atoms with van der Waals surface area (Å²) in [5.74, 6) is -0.206. The molecule has 2 saturated heterocycles. The van der Waals surface area contributed by atoms with Gasteiger partial charge >= 0.3 is 6.03 Å². The molecule has 7 nitrogen and oxygen atoms in total. The van der Waals surface area contributed by atoms with Gasteiger partial charge in [-0.05, 0) is 38.1 Å². The molecule has 27 heavy (non-hydrogen) atoms. The van der Waals surface area contributed by atoms with E-state index in [1.54, 1.807) is 39.0 Å². The van der Waals surface area contributed by atoms with E-state index < -0.39 is 0 Å². The predicted octanol–water partition coefficient (Wildman–Crippen LogP) is 2.27. The van der Waals surface area contributed by atoms with E-state index in [0.717, 1.165) is 0 Å². The molecule has 8 heteroatoms. The van der Waals surface area contributed by atoms with Crippen LogP contribution in [0.3, 0.4) is 0 Å². The fraction of sp³-hybridized carbons (Fsp3) is 0.526. The van der Waals surface area contributed by atoms with E-state index in [2.05, 4.69) is 5.32 Å². The fourth-order valence-electron chi connectivity index (χ4n) is 3.52. The second-order valence-corrected chi connectivity index (χ2v) is 7.73. The third-order valence-corrected chi connectivity index (χ3v) is 5.36. The molecule has 0 aromatic heterocycles. The molecule has 0 bridgehead atoms. The monoisotopic (exact) mass is 392 g/mol. The average Bonchev–Trinajstić information content (AvgIpc) is 3.05. The van der Waals surface area contributed by atoms with E-state index in [9.17, 15) is 14.4 Å². The number of rotatable bonds is 3. The summed E-state index contributed by atoms with van der Waals surface area (Å²) < 4.78 is 0. The van der Waals surface area contributed by atoms with Crippen LogP contribution in [-0.2, 0) is 9.59 Å². The Balaban J connectivity index is 1.49. The minimum Gasteiger partial charge on any atom is -0.339 e. The lowest BCUT2D eigenvalue weighted by Gasteiger charge is -2.35. The Bertz CT molecular complexity index is 714. The van der Waals surface area contributed by atoms with Gasteiger partial charge in [0.25, 0.3) is 0 Å². The van der Waals surface area contributed by atoms with Crippen LogP contribution in [0, 0.1) is 5.92 Å². The zero-order chi connectivity index (χ0) is 19.6. The average molecular weight is 393 g/mol. The number of likely N-dealkylation sites (tertiary alicyclic amines) is 1. The summed E-state index contributed by atoms with van der Waals surface area (Å²) in [6.07, 6.45) is 0.286. The highest BCUT2D eigenvalue weighted by Gasteiger charge is 2.38. The predicted molar refractivity (Wildman–Crippen MR) is 104 cm³/mol. The van der Waals surface area contributed by atoms with Crippen LogP contribution < -0.4 is 5.32 Å². The number of halogens is 1. The third kappa shape index (κ3) is 4.53. The number of carbonyl (C=O) groups is 3. The van der Waals surface area contributed by atoms with E-state index in [-0.39, 0.29) is 36.2 Å². The van der Waals surface area contributed by atoms with Crippen molar-refractivity contribution in [2.24, 2.45) is 5.92 Å². The Morgan fingerprint density at radius 1 is 1.07 bits per heavy atom. The molecule has 1 aromatic carbocycles. The van der Waals surface area contributed by atoms with Crippen LogP contribution in [0.25, 0.3) is 0 Å². The summed E-state index contributed by atoms with van der Waals surface area (Å²) in [5.41, 5.74) is 0.682. The molecule has 2 heterocycles. The van der Waals surface area contributed by atoms with Crippen LogP contribution in [0.2, 0.25) is 5.02 Å². The largest absolute Gasteiger partial charge is 0.339 e. The van der Waals surface area contributed by atoms with Crippen molar-refractivity contribution in [2.45, 2.75) is 26.3 Å². The second-order valence-electron chi connectivity index (χ2n) is 7.29. The van der Waals surface area contributed by atoms with Crippen molar-refractivity contribution in [1.82, 2.24) is 14.7 Å². The van der Waals surface area contributed by atoms with Crippen molar-refractivity contribution in [2.75, 3.05) is 38.0 Å². The maximum atomic E-state index is 12.7. The van der Waals surface area contributed by atoms with Gasteiger partial charge < -0.3 is 20.0 Å². The zero-order valence-electron chi connectivity index (χ0n) is 15.7. The van der Waals surface area contributed by atoms with Gasteiger partial charge in [0.1, 0.15) is 0 Å². The molecule has 0 saturated carbocycles. The number of hydrogen-bond donors (Lipinski definition) is 1. The van der Waals surface area contributed by atoms with E-state index >= 15 is 0 Å². The van der Waals surface area contributed by atoms with Gasteiger partial charge in [0.2, 0.25) is 11.8 Å². The SMILES string of the molecule is CC(C)N1CC(C(=O)N2CCN(C(=O)Nc3ccc(Cl)cc3)CC2)CC1=O. The first-order valence-corrected chi connectivity index (χ1v) is 9.62. The lowest BCUT2D eigenvalue weighted by atomic mass is 10.1. The maximum Gasteiger partial charge on any atom is 0.321 e. The minimum absolute atomic E-state index is 0.0178. The minimum atomic E-state index is -0.269. The number of benzene rings is 1. The molecule has 1 atom stereocenters. The molecule has 4 amide bonds. The summed E-state index contributed by atoms with van der Waals surface area (Å²) >= 11 is 5.85. The van der Waals surface area contributed by atoms with Crippen molar-refractivity contribution in [1.29, 1.82) is 0 Å². The molecule has 146 valence electrons. The summed E-state index contributed by atoms with van der Waals surface area (Å²) in [4.78, 5) is 42.4. The van der Waals surface area contributed by atoms with Gasteiger partial charge in [-0.2, -0.15) is 0 Å². The number of carbonyl (C=O) groups excluding carboxylic acids is 3. The lowest BCUT2D eigenvalue weighted by molar-refractivity contribution is -0.137. The Morgan fingerprint density at radius 2 is 1.67 bits per heavy atom. The molecule has 1 aromatic rings. The molecule has 2 fully saturated rings. The standard InChI is InChI=1S/C19H25ClN4O3/c1-13(2)24-12-14(11-17(24)25)18(26)22-7-9-23(10-8-22)19(27)21-16-5-3-15(20)4-6-16/h3-6,13-14H,7-12H2,1-2H3,(H,21,27). The number of nitrogens with one attached hydrogen (secondary N) is 1. The summed E-state index contributed by atoms with van der Waals surface area (Å²) in [5, 5.41) is 3.45. The van der Waals surface area contributed by atoms with Crippen LogP contribution in [0.15, 0.2) is 24.3 Å². The topological polar surface area (TPSA) is 73.0 Å². The number of hydrogen-bond acceptors (Lipinski definition) is 3. The Hall–Kier alpha value is -2.28. The van der Waals surface area contributed by atoms with Gasteiger partial charge in [-0.25, -0.2) is 4.79 Å². The van der Waals surface area contributed by atoms with Gasteiger partial charge in [-0.15, -0.1) is 0 Å². The Kier molecular flexibility index (Phi) is 5.89. The van der Waals surface area contributed by atoms with Crippen molar-refractivity contribution in [3.05, 3.63) is 29.3 Å². The molecule has 0 spiro atoms. The highest BCUT2D eigenvalue weighted by Crippen LogP contribution is 2.23. The number of nitrogens with zero attached hydrogens (tertiary/aromatic N) is 3. The molecule has 3 rings (SSSR count). The molecule has 0 aliphatic carbocycles. The lowest BCUT2D eigenvalue weighted by Crippen LogP contribution is -2.53. The van der Waals surface area contributed by atoms with Crippen molar-refractivity contribution in [3.8, 4) is 0 Å². The molecule has 1 unspecified atom stereocenters. The van der Waals surface area contributed by atoms with Crippen LogP contribution >= 0.6 is 11.6 Å². The molecule has 2 aliphatic heterocycles. The van der Waals surface area contributed by atoms with Crippen molar-refractivity contribution >= 4 is 35.1 Å². The van der Waals surface area contributed by atoms with Crippen LogP contribution in [0.5, 0.6) is 0 Å². The fourth-order valence-corrected chi connectivity index (χ4v) is 3.65. The number of anilines is 1. The van der Waals surface area contributed by atoms with E-state index in [4.69, 9.17) is 11.6 Å². The number of piperazine rings is 1. The summed E-state index contributed by atoms with van der Waals surface area (Å²) in [6, 6.07) is 6.86. The highest BCUT2D eigenvalue weighted by molar-refractivity contribution is 6.30. The van der Waals surface area contributed by atoms with Gasteiger partial charge in [-0.1, -0.05) is 11.6 Å². The molecule has 0 radical (unpaired) electrons. The van der Waals surface area contributed by atoms with Gasteiger partial charge in [-0.3, -0.25) is 9.59 Å². The van der Waals surface area contributed by atoms with Gasteiger partial charge in [0.15, 0.2) is 0 Å². The van der Waals surface area contributed by atoms with Gasteiger partial charge in [0, 0.05) is 55.9 Å². The van der Waals surface area contributed by atoms with Crippen LogP contribution in [-0.4, -0.2) is 71.3 Å². The quantitative estimate of drug-likeness (QED) is 0.857. The molecule has 1 N–H and O–H groups in total. The van der Waals surface area contributed by atoms with Crippen molar-refractivity contribution < 1.29 is 14.4 Å². The summed E-state index contributed by atoms with van der Waals surface area (Å²) in [7, 11) is 0. The van der Waals surface area contributed by atoms with Gasteiger partial charge in [0.05, 0.1) is 5.92 Å². The number of amides is 4.